The third-order valence-corrected chi connectivity index (χ3v) is 4.77. The molecule has 2 aliphatic rings. The minimum absolute atomic E-state index is 0.0931. The fraction of sp³-hybridized carbons (Fsp3) is 0.421. The van der Waals surface area contributed by atoms with Crippen LogP contribution in [-0.4, -0.2) is 36.3 Å². The van der Waals surface area contributed by atoms with Gasteiger partial charge in [0.1, 0.15) is 5.75 Å². The lowest BCUT2D eigenvalue weighted by Crippen LogP contribution is -2.32. The number of carbonyl (C=O) groups excluding carboxylic acids is 3. The van der Waals surface area contributed by atoms with Crippen molar-refractivity contribution in [2.75, 3.05) is 19.0 Å². The summed E-state index contributed by atoms with van der Waals surface area (Å²) in [6.07, 6.45) is 5.90. The molecule has 6 nitrogen and oxygen atoms in total. The summed E-state index contributed by atoms with van der Waals surface area (Å²) < 4.78 is 5.20. The zero-order valence-electron chi connectivity index (χ0n) is 14.2. The van der Waals surface area contributed by atoms with Gasteiger partial charge in [-0.25, -0.2) is 0 Å². The number of anilines is 1. The number of rotatable bonds is 6. The summed E-state index contributed by atoms with van der Waals surface area (Å²) >= 11 is 0. The molecular weight excluding hydrogens is 320 g/mol. The van der Waals surface area contributed by atoms with Crippen molar-refractivity contribution in [3.05, 3.63) is 36.4 Å². The van der Waals surface area contributed by atoms with Crippen molar-refractivity contribution < 1.29 is 19.1 Å². The first-order valence-electron chi connectivity index (χ1n) is 8.55. The number of allylic oxidation sites excluding steroid dienone is 2. The molecule has 6 heteroatoms. The van der Waals surface area contributed by atoms with Crippen LogP contribution < -0.4 is 10.1 Å². The molecule has 1 aromatic carbocycles. The fourth-order valence-electron chi connectivity index (χ4n) is 3.45. The Morgan fingerprint density at radius 1 is 1.16 bits per heavy atom. The molecule has 1 heterocycles. The fourth-order valence-corrected chi connectivity index (χ4v) is 3.45. The van der Waals surface area contributed by atoms with Crippen molar-refractivity contribution in [2.45, 2.75) is 25.7 Å². The minimum atomic E-state index is -0.208. The van der Waals surface area contributed by atoms with Crippen LogP contribution >= 0.6 is 0 Å². The Bertz CT molecular complexity index is 687. The molecule has 2 atom stereocenters. The maximum Gasteiger partial charge on any atom is 0.233 e. The Kier molecular flexibility index (Phi) is 5.16. The highest BCUT2D eigenvalue weighted by molar-refractivity contribution is 6.05. The van der Waals surface area contributed by atoms with Gasteiger partial charge in [-0.3, -0.25) is 19.3 Å². The summed E-state index contributed by atoms with van der Waals surface area (Å²) in [5.41, 5.74) is 0.611. The van der Waals surface area contributed by atoms with Crippen molar-refractivity contribution in [1.29, 1.82) is 0 Å². The Morgan fingerprint density at radius 3 is 2.44 bits per heavy atom. The summed E-state index contributed by atoms with van der Waals surface area (Å²) in [6, 6.07) is 7.18. The Balaban J connectivity index is 1.50. The number of fused-ring (bicyclic) bond motifs is 1. The maximum absolute atomic E-state index is 12.4. The maximum atomic E-state index is 12.4. The first-order valence-corrected chi connectivity index (χ1v) is 8.55. The third-order valence-electron chi connectivity index (χ3n) is 4.77. The average Bonchev–Trinajstić information content (AvgIpc) is 2.87. The van der Waals surface area contributed by atoms with Crippen LogP contribution in [0.4, 0.5) is 5.69 Å². The van der Waals surface area contributed by atoms with Crippen LogP contribution in [0.1, 0.15) is 25.7 Å². The summed E-state index contributed by atoms with van der Waals surface area (Å²) in [6.45, 7) is 0.296. The summed E-state index contributed by atoms with van der Waals surface area (Å²) in [5, 5.41) is 2.80. The van der Waals surface area contributed by atoms with Gasteiger partial charge in [0.2, 0.25) is 17.7 Å². The SMILES string of the molecule is COc1ccccc1NC(=O)CCCN1C(=O)[C@H]2CC=CC[C@@H]2C1=O. The molecule has 0 bridgehead atoms. The van der Waals surface area contributed by atoms with E-state index >= 15 is 0 Å². The summed E-state index contributed by atoms with van der Waals surface area (Å²) in [7, 11) is 1.55. The number of likely N-dealkylation sites (tertiary alicyclic amines) is 1. The third kappa shape index (κ3) is 3.57. The molecule has 25 heavy (non-hydrogen) atoms. The number of ether oxygens (including phenoxy) is 1. The predicted molar refractivity (Wildman–Crippen MR) is 92.9 cm³/mol. The van der Waals surface area contributed by atoms with E-state index in [9.17, 15) is 14.4 Å². The van der Waals surface area contributed by atoms with Crippen molar-refractivity contribution in [1.82, 2.24) is 4.90 Å². The summed E-state index contributed by atoms with van der Waals surface area (Å²) in [4.78, 5) is 38.1. The highest BCUT2D eigenvalue weighted by Crippen LogP contribution is 2.35. The number of hydrogen-bond acceptors (Lipinski definition) is 4. The van der Waals surface area contributed by atoms with Gasteiger partial charge in [0.25, 0.3) is 0 Å². The van der Waals surface area contributed by atoms with Crippen LogP contribution in [0.3, 0.4) is 0 Å². The Morgan fingerprint density at radius 2 is 1.80 bits per heavy atom. The van der Waals surface area contributed by atoms with Gasteiger partial charge in [0.05, 0.1) is 24.6 Å². The number of imide groups is 1. The number of carbonyl (C=O) groups is 3. The number of nitrogens with zero attached hydrogens (tertiary/aromatic N) is 1. The molecule has 3 amide bonds. The number of hydrogen-bond donors (Lipinski definition) is 1. The van der Waals surface area contributed by atoms with E-state index in [-0.39, 0.29) is 36.0 Å². The number of amides is 3. The Hall–Kier alpha value is -2.63. The second-order valence-electron chi connectivity index (χ2n) is 6.34. The van der Waals surface area contributed by atoms with E-state index in [2.05, 4.69) is 5.32 Å². The van der Waals surface area contributed by atoms with Gasteiger partial charge in [-0.1, -0.05) is 24.3 Å². The van der Waals surface area contributed by atoms with Gasteiger partial charge in [-0.2, -0.15) is 0 Å². The van der Waals surface area contributed by atoms with E-state index in [1.807, 2.05) is 24.3 Å². The van der Waals surface area contributed by atoms with Crippen molar-refractivity contribution in [3.8, 4) is 5.75 Å². The van der Waals surface area contributed by atoms with Gasteiger partial charge in [0.15, 0.2) is 0 Å². The molecule has 0 aromatic heterocycles. The standard InChI is InChI=1S/C19H22N2O4/c1-25-16-10-5-4-9-15(16)20-17(22)11-6-12-21-18(23)13-7-2-3-8-14(13)19(21)24/h2-5,9-10,13-14H,6-8,11-12H2,1H3,(H,20,22)/t13-,14-/m0/s1. The zero-order chi connectivity index (χ0) is 17.8. The lowest BCUT2D eigenvalue weighted by Gasteiger charge is -2.14. The summed E-state index contributed by atoms with van der Waals surface area (Å²) in [5.74, 6) is -0.172. The molecule has 1 N–H and O–H groups in total. The smallest absolute Gasteiger partial charge is 0.233 e. The van der Waals surface area contributed by atoms with Crippen LogP contribution in [0.15, 0.2) is 36.4 Å². The van der Waals surface area contributed by atoms with E-state index in [0.717, 1.165) is 0 Å². The molecule has 1 aliphatic carbocycles. The Labute approximate surface area is 146 Å². The number of methoxy groups -OCH3 is 1. The second-order valence-corrected chi connectivity index (χ2v) is 6.34. The van der Waals surface area contributed by atoms with Gasteiger partial charge in [-0.05, 0) is 31.4 Å². The largest absolute Gasteiger partial charge is 0.495 e. The lowest BCUT2D eigenvalue weighted by atomic mass is 9.85. The van der Waals surface area contributed by atoms with E-state index in [1.165, 1.54) is 4.90 Å². The molecule has 0 radical (unpaired) electrons. The minimum Gasteiger partial charge on any atom is -0.495 e. The zero-order valence-corrected chi connectivity index (χ0v) is 14.2. The van der Waals surface area contributed by atoms with Crippen LogP contribution in [0.25, 0.3) is 0 Å². The van der Waals surface area contributed by atoms with E-state index in [0.29, 0.717) is 37.2 Å². The lowest BCUT2D eigenvalue weighted by molar-refractivity contribution is -0.140. The highest BCUT2D eigenvalue weighted by atomic mass is 16.5. The van der Waals surface area contributed by atoms with Crippen LogP contribution in [0.2, 0.25) is 0 Å². The van der Waals surface area contributed by atoms with Crippen molar-refractivity contribution in [2.24, 2.45) is 11.8 Å². The highest BCUT2D eigenvalue weighted by Gasteiger charge is 2.46. The average molecular weight is 342 g/mol. The van der Waals surface area contributed by atoms with Crippen LogP contribution in [0.5, 0.6) is 5.75 Å². The van der Waals surface area contributed by atoms with E-state index in [4.69, 9.17) is 4.74 Å². The molecule has 1 aromatic rings. The molecule has 0 saturated carbocycles. The predicted octanol–water partition coefficient (Wildman–Crippen LogP) is 2.37. The monoisotopic (exact) mass is 342 g/mol. The van der Waals surface area contributed by atoms with Crippen molar-refractivity contribution in [3.63, 3.8) is 0 Å². The van der Waals surface area contributed by atoms with Gasteiger partial charge < -0.3 is 10.1 Å². The van der Waals surface area contributed by atoms with Gasteiger partial charge in [-0.15, -0.1) is 0 Å². The van der Waals surface area contributed by atoms with E-state index < -0.39 is 0 Å². The number of benzene rings is 1. The molecule has 1 aliphatic heterocycles. The number of para-hydroxylation sites is 2. The molecule has 0 spiro atoms. The van der Waals surface area contributed by atoms with Crippen molar-refractivity contribution >= 4 is 23.4 Å². The van der Waals surface area contributed by atoms with Gasteiger partial charge in [0, 0.05) is 13.0 Å². The molecule has 132 valence electrons. The molecule has 0 unspecified atom stereocenters. The first-order chi connectivity index (χ1) is 12.1. The molecule has 1 saturated heterocycles. The first kappa shape index (κ1) is 17.2. The van der Waals surface area contributed by atoms with Crippen LogP contribution in [0, 0.1) is 11.8 Å². The second kappa shape index (κ2) is 7.51. The molecule has 1 fully saturated rings. The number of nitrogens with one attached hydrogen (secondary N) is 1. The van der Waals surface area contributed by atoms with Crippen LogP contribution in [-0.2, 0) is 14.4 Å². The van der Waals surface area contributed by atoms with E-state index in [1.54, 1.807) is 19.2 Å². The molecular formula is C19H22N2O4. The van der Waals surface area contributed by atoms with Gasteiger partial charge >= 0.3 is 0 Å². The quantitative estimate of drug-likeness (QED) is 0.636. The normalized spacial score (nSPS) is 22.0. The molecule has 3 rings (SSSR count). The topological polar surface area (TPSA) is 75.7 Å².